The first-order valence-corrected chi connectivity index (χ1v) is 6.54. The molecule has 2 heteroatoms. The molecule has 1 unspecified atom stereocenters. The second kappa shape index (κ2) is 5.84. The van der Waals surface area contributed by atoms with Crippen LogP contribution in [0.15, 0.2) is 24.3 Å². The summed E-state index contributed by atoms with van der Waals surface area (Å²) in [6.45, 7) is 5.58. The van der Waals surface area contributed by atoms with Crippen LogP contribution in [0.25, 0.3) is 0 Å². The fourth-order valence-electron chi connectivity index (χ4n) is 2.71. The van der Waals surface area contributed by atoms with Crippen molar-refractivity contribution in [3.05, 3.63) is 35.4 Å². The van der Waals surface area contributed by atoms with Gasteiger partial charge in [0.15, 0.2) is 0 Å². The van der Waals surface area contributed by atoms with Gasteiger partial charge in [-0.25, -0.2) is 0 Å². The largest absolute Gasteiger partial charge is 0.299 e. The molecule has 1 aromatic rings. The lowest BCUT2D eigenvalue weighted by molar-refractivity contribution is 0.312. The molecule has 1 heterocycles. The van der Waals surface area contributed by atoms with E-state index in [1.54, 1.807) is 0 Å². The van der Waals surface area contributed by atoms with Crippen LogP contribution in [0.3, 0.4) is 0 Å². The second-order valence-corrected chi connectivity index (χ2v) is 4.95. The van der Waals surface area contributed by atoms with Crippen LogP contribution in [-0.4, -0.2) is 18.0 Å². The van der Waals surface area contributed by atoms with Gasteiger partial charge in [0.05, 0.1) is 11.6 Å². The third-order valence-corrected chi connectivity index (χ3v) is 3.60. The van der Waals surface area contributed by atoms with Crippen molar-refractivity contribution in [1.29, 1.82) is 5.26 Å². The van der Waals surface area contributed by atoms with Gasteiger partial charge < -0.3 is 0 Å². The Morgan fingerprint density at radius 3 is 3.00 bits per heavy atom. The lowest BCUT2D eigenvalue weighted by Gasteiger charge is -2.16. The maximum atomic E-state index is 9.06. The Bertz CT molecular complexity index is 406. The molecular formula is C15H20N2. The highest BCUT2D eigenvalue weighted by Crippen LogP contribution is 2.23. The van der Waals surface area contributed by atoms with Crippen LogP contribution in [0.1, 0.15) is 37.3 Å². The van der Waals surface area contributed by atoms with Gasteiger partial charge in [-0.05, 0) is 36.9 Å². The first kappa shape index (κ1) is 12.1. The van der Waals surface area contributed by atoms with Crippen molar-refractivity contribution >= 4 is 0 Å². The molecule has 1 saturated heterocycles. The zero-order valence-electron chi connectivity index (χ0n) is 10.5. The number of rotatable bonds is 4. The molecule has 1 fully saturated rings. The molecular weight excluding hydrogens is 208 g/mol. The fraction of sp³-hybridized carbons (Fsp3) is 0.533. The number of likely N-dealkylation sites (tertiary alicyclic amines) is 1. The van der Waals surface area contributed by atoms with E-state index in [0.717, 1.165) is 18.0 Å². The van der Waals surface area contributed by atoms with E-state index in [1.165, 1.54) is 37.9 Å². The van der Waals surface area contributed by atoms with E-state index >= 15 is 0 Å². The maximum Gasteiger partial charge on any atom is 0.0995 e. The van der Waals surface area contributed by atoms with E-state index in [2.05, 4.69) is 24.0 Å². The zero-order chi connectivity index (χ0) is 12.1. The molecule has 1 aliphatic heterocycles. The van der Waals surface area contributed by atoms with Crippen molar-refractivity contribution < 1.29 is 0 Å². The van der Waals surface area contributed by atoms with Crippen molar-refractivity contribution in [2.45, 2.75) is 32.7 Å². The summed E-state index contributed by atoms with van der Waals surface area (Å²) < 4.78 is 0. The first-order valence-electron chi connectivity index (χ1n) is 6.54. The Balaban J connectivity index is 1.96. The Labute approximate surface area is 104 Å². The van der Waals surface area contributed by atoms with E-state index in [-0.39, 0.29) is 0 Å². The average molecular weight is 228 g/mol. The second-order valence-electron chi connectivity index (χ2n) is 4.95. The molecule has 90 valence electrons. The summed E-state index contributed by atoms with van der Waals surface area (Å²) in [6.07, 6.45) is 3.95. The molecule has 1 aromatic carbocycles. The summed E-state index contributed by atoms with van der Waals surface area (Å²) in [5.41, 5.74) is 2.00. The van der Waals surface area contributed by atoms with E-state index in [9.17, 15) is 0 Å². The Morgan fingerprint density at radius 1 is 1.41 bits per heavy atom. The maximum absolute atomic E-state index is 9.06. The lowest BCUT2D eigenvalue weighted by Crippen LogP contribution is -2.20. The number of hydrogen-bond donors (Lipinski definition) is 0. The fourth-order valence-corrected chi connectivity index (χ4v) is 2.71. The van der Waals surface area contributed by atoms with E-state index in [4.69, 9.17) is 5.26 Å². The van der Waals surface area contributed by atoms with Crippen molar-refractivity contribution in [3.8, 4) is 6.07 Å². The molecule has 1 aliphatic rings. The van der Waals surface area contributed by atoms with Crippen LogP contribution in [0.5, 0.6) is 0 Å². The number of benzene rings is 1. The van der Waals surface area contributed by atoms with E-state index in [1.807, 2.05) is 18.2 Å². The van der Waals surface area contributed by atoms with Gasteiger partial charge in [-0.1, -0.05) is 31.5 Å². The minimum Gasteiger partial charge on any atom is -0.299 e. The lowest BCUT2D eigenvalue weighted by atomic mass is 10.0. The molecule has 2 nitrogen and oxygen atoms in total. The zero-order valence-corrected chi connectivity index (χ0v) is 10.5. The topological polar surface area (TPSA) is 27.0 Å². The Morgan fingerprint density at radius 2 is 2.24 bits per heavy atom. The van der Waals surface area contributed by atoms with Crippen LogP contribution in [0.4, 0.5) is 0 Å². The van der Waals surface area contributed by atoms with Gasteiger partial charge in [0, 0.05) is 13.1 Å². The van der Waals surface area contributed by atoms with Crippen LogP contribution in [-0.2, 0) is 6.54 Å². The SMILES string of the molecule is CCCC1CCN(Cc2ccccc2C#N)C1. The molecule has 0 radical (unpaired) electrons. The van der Waals surface area contributed by atoms with E-state index in [0.29, 0.717) is 0 Å². The number of nitriles is 1. The van der Waals surface area contributed by atoms with Crippen LogP contribution in [0, 0.1) is 17.2 Å². The van der Waals surface area contributed by atoms with Gasteiger partial charge in [-0.3, -0.25) is 4.90 Å². The van der Waals surface area contributed by atoms with Crippen LogP contribution >= 0.6 is 0 Å². The van der Waals surface area contributed by atoms with Gasteiger partial charge in [0.2, 0.25) is 0 Å². The predicted octanol–water partition coefficient (Wildman–Crippen LogP) is 3.18. The quantitative estimate of drug-likeness (QED) is 0.791. The Kier molecular flexibility index (Phi) is 4.17. The summed E-state index contributed by atoms with van der Waals surface area (Å²) >= 11 is 0. The normalized spacial score (nSPS) is 20.4. The standard InChI is InChI=1S/C15H20N2/c1-2-5-13-8-9-17(11-13)12-15-7-4-3-6-14(15)10-16/h3-4,6-7,13H,2,5,8-9,11-12H2,1H3. The van der Waals surface area contributed by atoms with Gasteiger partial charge in [-0.2, -0.15) is 5.26 Å². The van der Waals surface area contributed by atoms with Gasteiger partial charge in [0.25, 0.3) is 0 Å². The molecule has 17 heavy (non-hydrogen) atoms. The highest BCUT2D eigenvalue weighted by atomic mass is 15.1. The molecule has 0 aromatic heterocycles. The van der Waals surface area contributed by atoms with Crippen molar-refractivity contribution in [1.82, 2.24) is 4.90 Å². The minimum atomic E-state index is 0.825. The van der Waals surface area contributed by atoms with Crippen molar-refractivity contribution in [2.75, 3.05) is 13.1 Å². The molecule has 0 amide bonds. The Hall–Kier alpha value is -1.33. The third kappa shape index (κ3) is 3.08. The molecule has 0 saturated carbocycles. The average Bonchev–Trinajstić information content (AvgIpc) is 2.78. The molecule has 0 N–H and O–H groups in total. The molecule has 1 atom stereocenters. The first-order chi connectivity index (χ1) is 8.33. The molecule has 2 rings (SSSR count). The van der Waals surface area contributed by atoms with Gasteiger partial charge in [0.1, 0.15) is 0 Å². The summed E-state index contributed by atoms with van der Waals surface area (Å²) in [4.78, 5) is 2.48. The monoisotopic (exact) mass is 228 g/mol. The van der Waals surface area contributed by atoms with Crippen LogP contribution < -0.4 is 0 Å². The molecule has 0 aliphatic carbocycles. The summed E-state index contributed by atoms with van der Waals surface area (Å²) in [6, 6.07) is 10.2. The highest BCUT2D eigenvalue weighted by molar-refractivity contribution is 5.37. The van der Waals surface area contributed by atoms with Crippen LogP contribution in [0.2, 0.25) is 0 Å². The van der Waals surface area contributed by atoms with E-state index < -0.39 is 0 Å². The van der Waals surface area contributed by atoms with Gasteiger partial charge >= 0.3 is 0 Å². The molecule has 0 spiro atoms. The highest BCUT2D eigenvalue weighted by Gasteiger charge is 2.21. The molecule has 0 bridgehead atoms. The van der Waals surface area contributed by atoms with Crippen molar-refractivity contribution in [2.24, 2.45) is 5.92 Å². The van der Waals surface area contributed by atoms with Gasteiger partial charge in [-0.15, -0.1) is 0 Å². The predicted molar refractivity (Wildman–Crippen MR) is 69.4 cm³/mol. The number of hydrogen-bond acceptors (Lipinski definition) is 2. The summed E-state index contributed by atoms with van der Waals surface area (Å²) in [5, 5.41) is 9.06. The smallest absolute Gasteiger partial charge is 0.0995 e. The third-order valence-electron chi connectivity index (χ3n) is 3.60. The number of nitrogens with zero attached hydrogens (tertiary/aromatic N) is 2. The minimum absolute atomic E-state index is 0.825. The summed E-state index contributed by atoms with van der Waals surface area (Å²) in [5.74, 6) is 0.870. The van der Waals surface area contributed by atoms with Crippen molar-refractivity contribution in [3.63, 3.8) is 0 Å². The summed E-state index contributed by atoms with van der Waals surface area (Å²) in [7, 11) is 0.